The van der Waals surface area contributed by atoms with Crippen LogP contribution < -0.4 is 5.32 Å². The number of nitrogens with one attached hydrogen (secondary N) is 1. The van der Waals surface area contributed by atoms with E-state index < -0.39 is 0 Å². The second kappa shape index (κ2) is 7.29. The molecule has 0 amide bonds. The molecule has 0 aromatic heterocycles. The molecule has 0 heterocycles. The molecule has 1 saturated carbocycles. The summed E-state index contributed by atoms with van der Waals surface area (Å²) in [4.78, 5) is 2.27. The van der Waals surface area contributed by atoms with Crippen molar-refractivity contribution in [1.82, 2.24) is 10.2 Å². The van der Waals surface area contributed by atoms with Crippen molar-refractivity contribution < 1.29 is 0 Å². The van der Waals surface area contributed by atoms with Gasteiger partial charge in [0.1, 0.15) is 0 Å². The van der Waals surface area contributed by atoms with Gasteiger partial charge in [0.05, 0.1) is 0 Å². The van der Waals surface area contributed by atoms with Gasteiger partial charge in [-0.3, -0.25) is 0 Å². The van der Waals surface area contributed by atoms with Crippen LogP contribution in [0.4, 0.5) is 0 Å². The predicted molar refractivity (Wildman–Crippen MR) is 71.8 cm³/mol. The molecule has 1 aliphatic carbocycles. The van der Waals surface area contributed by atoms with Crippen molar-refractivity contribution in [3.05, 3.63) is 0 Å². The van der Waals surface area contributed by atoms with Gasteiger partial charge in [-0.1, -0.05) is 25.7 Å². The first kappa shape index (κ1) is 14.0. The zero-order valence-electron chi connectivity index (χ0n) is 11.6. The smallest absolute Gasteiger partial charge is 0.0186 e. The average molecular weight is 226 g/mol. The van der Waals surface area contributed by atoms with Crippen LogP contribution in [0.3, 0.4) is 0 Å². The Kier molecular flexibility index (Phi) is 6.37. The lowest BCUT2D eigenvalue weighted by atomic mass is 9.99. The van der Waals surface area contributed by atoms with Crippen molar-refractivity contribution >= 4 is 0 Å². The first-order valence-electron chi connectivity index (χ1n) is 6.99. The second-order valence-corrected chi connectivity index (χ2v) is 5.85. The molecule has 1 fully saturated rings. The van der Waals surface area contributed by atoms with E-state index >= 15 is 0 Å². The zero-order chi connectivity index (χ0) is 12.0. The van der Waals surface area contributed by atoms with E-state index in [0.29, 0.717) is 12.1 Å². The Labute approximate surface area is 102 Å². The van der Waals surface area contributed by atoms with E-state index in [1.54, 1.807) is 0 Å². The van der Waals surface area contributed by atoms with Crippen LogP contribution in [0.5, 0.6) is 0 Å². The van der Waals surface area contributed by atoms with Crippen LogP contribution in [0.1, 0.15) is 52.4 Å². The van der Waals surface area contributed by atoms with Gasteiger partial charge >= 0.3 is 0 Å². The molecular weight excluding hydrogens is 196 g/mol. The molecular formula is C14H30N2. The molecule has 1 rings (SSSR count). The third kappa shape index (κ3) is 5.31. The third-order valence-electron chi connectivity index (χ3n) is 4.13. The maximum atomic E-state index is 3.65. The molecule has 0 radical (unpaired) electrons. The highest BCUT2D eigenvalue weighted by molar-refractivity contribution is 4.72. The fourth-order valence-corrected chi connectivity index (χ4v) is 2.44. The number of nitrogens with zero attached hydrogens (tertiary/aromatic N) is 1. The maximum Gasteiger partial charge on any atom is 0.0186 e. The fourth-order valence-electron chi connectivity index (χ4n) is 2.44. The number of likely N-dealkylation sites (N-methyl/N-ethyl adjacent to an activating group) is 1. The van der Waals surface area contributed by atoms with E-state index in [1.807, 2.05) is 0 Å². The summed E-state index contributed by atoms with van der Waals surface area (Å²) in [5, 5.41) is 3.65. The van der Waals surface area contributed by atoms with Crippen LogP contribution in [0.25, 0.3) is 0 Å². The van der Waals surface area contributed by atoms with Gasteiger partial charge in [0.25, 0.3) is 0 Å². The van der Waals surface area contributed by atoms with E-state index in [-0.39, 0.29) is 0 Å². The highest BCUT2D eigenvalue weighted by atomic mass is 15.1. The molecule has 0 bridgehead atoms. The Morgan fingerprint density at radius 3 is 2.38 bits per heavy atom. The van der Waals surface area contributed by atoms with Gasteiger partial charge in [0, 0.05) is 18.6 Å². The van der Waals surface area contributed by atoms with Crippen LogP contribution in [-0.2, 0) is 0 Å². The molecule has 16 heavy (non-hydrogen) atoms. The van der Waals surface area contributed by atoms with Crippen LogP contribution >= 0.6 is 0 Å². The van der Waals surface area contributed by atoms with Crippen molar-refractivity contribution in [3.8, 4) is 0 Å². The Bertz CT molecular complexity index is 168. The summed E-state index contributed by atoms with van der Waals surface area (Å²) in [7, 11) is 4.30. The van der Waals surface area contributed by atoms with Gasteiger partial charge in [0.2, 0.25) is 0 Å². The van der Waals surface area contributed by atoms with Crippen LogP contribution in [0.15, 0.2) is 0 Å². The highest BCUT2D eigenvalue weighted by Crippen LogP contribution is 2.28. The molecule has 2 heteroatoms. The summed E-state index contributed by atoms with van der Waals surface area (Å²) in [5.41, 5.74) is 0. The summed E-state index contributed by atoms with van der Waals surface area (Å²) in [6.07, 6.45) is 8.71. The van der Waals surface area contributed by atoms with Gasteiger partial charge in [-0.25, -0.2) is 0 Å². The monoisotopic (exact) mass is 226 g/mol. The zero-order valence-corrected chi connectivity index (χ0v) is 11.6. The van der Waals surface area contributed by atoms with Gasteiger partial charge in [0.15, 0.2) is 0 Å². The summed E-state index contributed by atoms with van der Waals surface area (Å²) >= 11 is 0. The van der Waals surface area contributed by atoms with E-state index in [2.05, 4.69) is 38.2 Å². The SMILES string of the molecule is CC(CCC1CCCC1)NCC(C)N(C)C. The Morgan fingerprint density at radius 2 is 1.81 bits per heavy atom. The quantitative estimate of drug-likeness (QED) is 0.718. The first-order valence-corrected chi connectivity index (χ1v) is 6.99. The minimum atomic E-state index is 0.633. The lowest BCUT2D eigenvalue weighted by molar-refractivity contribution is 0.289. The molecule has 1 aliphatic rings. The van der Waals surface area contributed by atoms with Crippen molar-refractivity contribution in [2.24, 2.45) is 5.92 Å². The van der Waals surface area contributed by atoms with E-state index in [9.17, 15) is 0 Å². The van der Waals surface area contributed by atoms with Crippen molar-refractivity contribution in [1.29, 1.82) is 0 Å². The van der Waals surface area contributed by atoms with E-state index in [1.165, 1.54) is 38.5 Å². The molecule has 2 atom stereocenters. The summed E-state index contributed by atoms with van der Waals surface area (Å²) in [6, 6.07) is 1.32. The van der Waals surface area contributed by atoms with Crippen LogP contribution in [-0.4, -0.2) is 37.6 Å². The summed E-state index contributed by atoms with van der Waals surface area (Å²) < 4.78 is 0. The lowest BCUT2D eigenvalue weighted by Gasteiger charge is -2.23. The van der Waals surface area contributed by atoms with E-state index in [0.717, 1.165) is 12.5 Å². The lowest BCUT2D eigenvalue weighted by Crippen LogP contribution is -2.39. The number of hydrogen-bond acceptors (Lipinski definition) is 2. The van der Waals surface area contributed by atoms with Gasteiger partial charge in [-0.05, 0) is 46.7 Å². The largest absolute Gasteiger partial charge is 0.313 e. The van der Waals surface area contributed by atoms with Crippen LogP contribution in [0, 0.1) is 5.92 Å². The predicted octanol–water partition coefficient (Wildman–Crippen LogP) is 2.89. The minimum absolute atomic E-state index is 0.633. The molecule has 2 nitrogen and oxygen atoms in total. The van der Waals surface area contributed by atoms with Crippen LogP contribution in [0.2, 0.25) is 0 Å². The maximum absolute atomic E-state index is 3.65. The molecule has 0 aliphatic heterocycles. The Hall–Kier alpha value is -0.0800. The molecule has 0 saturated heterocycles. The second-order valence-electron chi connectivity index (χ2n) is 5.85. The normalized spacial score (nSPS) is 21.6. The Morgan fingerprint density at radius 1 is 1.19 bits per heavy atom. The third-order valence-corrected chi connectivity index (χ3v) is 4.13. The topological polar surface area (TPSA) is 15.3 Å². The molecule has 0 aromatic rings. The Balaban J connectivity index is 2.03. The summed E-state index contributed by atoms with van der Waals surface area (Å²) in [5.74, 6) is 1.04. The highest BCUT2D eigenvalue weighted by Gasteiger charge is 2.16. The van der Waals surface area contributed by atoms with Gasteiger partial charge in [-0.2, -0.15) is 0 Å². The van der Waals surface area contributed by atoms with Gasteiger partial charge in [-0.15, -0.1) is 0 Å². The number of hydrogen-bond donors (Lipinski definition) is 1. The molecule has 2 unspecified atom stereocenters. The van der Waals surface area contributed by atoms with Gasteiger partial charge < -0.3 is 10.2 Å². The average Bonchev–Trinajstić information content (AvgIpc) is 2.75. The molecule has 0 aromatic carbocycles. The summed E-state index contributed by atoms with van der Waals surface area (Å²) in [6.45, 7) is 5.72. The van der Waals surface area contributed by atoms with Crippen molar-refractivity contribution in [3.63, 3.8) is 0 Å². The molecule has 1 N–H and O–H groups in total. The first-order chi connectivity index (χ1) is 7.59. The van der Waals surface area contributed by atoms with E-state index in [4.69, 9.17) is 0 Å². The minimum Gasteiger partial charge on any atom is -0.313 e. The van der Waals surface area contributed by atoms with Crippen molar-refractivity contribution in [2.45, 2.75) is 64.5 Å². The van der Waals surface area contributed by atoms with Crippen molar-refractivity contribution in [2.75, 3.05) is 20.6 Å². The fraction of sp³-hybridized carbons (Fsp3) is 1.00. The number of rotatable bonds is 7. The molecule has 96 valence electrons. The standard InChI is InChI=1S/C14H30N2/c1-12(15-11-13(2)16(3)4)9-10-14-7-5-6-8-14/h12-15H,5-11H2,1-4H3. The molecule has 0 spiro atoms.